The number of ether oxygens (including phenoxy) is 1. The minimum absolute atomic E-state index is 0.0776. The zero-order valence-corrected chi connectivity index (χ0v) is 18.7. The number of benzene rings is 3. The fourth-order valence-corrected chi connectivity index (χ4v) is 4.07. The van der Waals surface area contributed by atoms with Gasteiger partial charge < -0.3 is 15.2 Å². The number of amides is 1. The summed E-state index contributed by atoms with van der Waals surface area (Å²) in [7, 11) is 0. The highest BCUT2D eigenvalue weighted by Gasteiger charge is 2.31. The average molecular weight is 498 g/mol. The lowest BCUT2D eigenvalue weighted by Gasteiger charge is -2.09. The van der Waals surface area contributed by atoms with Crippen molar-refractivity contribution in [2.75, 3.05) is 0 Å². The van der Waals surface area contributed by atoms with Gasteiger partial charge in [0.15, 0.2) is 5.17 Å². The van der Waals surface area contributed by atoms with E-state index in [1.54, 1.807) is 54.6 Å². The number of hydrogen-bond acceptors (Lipinski definition) is 5. The number of nitrogens with one attached hydrogen (secondary N) is 1. The molecule has 3 aromatic rings. The summed E-state index contributed by atoms with van der Waals surface area (Å²) in [6, 6.07) is 19.5. The third kappa shape index (κ3) is 6.73. The number of alkyl halides is 3. The van der Waals surface area contributed by atoms with Crippen LogP contribution in [0.2, 0.25) is 0 Å². The standard InChI is InChI=1S/C25H17F3N2O4S/c26-25(27,28)34-20-11-7-18(8-12-20)17-5-1-15(2-6-17)13-21-23(33)30-24(35-21)29-19-9-3-16(4-10-19)14-22(31)32/h1-13H,14H2,(H,31,32)(H,29,30,33). The van der Waals surface area contributed by atoms with Gasteiger partial charge in [-0.3, -0.25) is 9.59 Å². The van der Waals surface area contributed by atoms with Crippen molar-refractivity contribution in [1.82, 2.24) is 5.32 Å². The molecule has 1 aliphatic heterocycles. The first-order valence-electron chi connectivity index (χ1n) is 10.2. The maximum atomic E-state index is 12.3. The number of aliphatic imine (C=N–C) groups is 1. The Morgan fingerprint density at radius 2 is 1.57 bits per heavy atom. The molecule has 2 N–H and O–H groups in total. The fraction of sp³-hybridized carbons (Fsp3) is 0.0800. The van der Waals surface area contributed by atoms with Gasteiger partial charge in [-0.1, -0.05) is 48.5 Å². The Morgan fingerprint density at radius 3 is 2.14 bits per heavy atom. The topological polar surface area (TPSA) is 88.0 Å². The summed E-state index contributed by atoms with van der Waals surface area (Å²) in [6.07, 6.45) is -3.10. The summed E-state index contributed by atoms with van der Waals surface area (Å²) >= 11 is 1.18. The largest absolute Gasteiger partial charge is 0.573 e. The SMILES string of the molecule is O=C(O)Cc1ccc(N=C2NC(=O)C(=Cc3ccc(-c4ccc(OC(F)(F)F)cc4)cc3)S2)cc1. The molecule has 0 atom stereocenters. The van der Waals surface area contributed by atoms with Crippen molar-refractivity contribution in [3.05, 3.63) is 88.8 Å². The van der Waals surface area contributed by atoms with E-state index < -0.39 is 12.3 Å². The van der Waals surface area contributed by atoms with Crippen LogP contribution >= 0.6 is 11.8 Å². The molecule has 178 valence electrons. The molecule has 0 unspecified atom stereocenters. The number of hydrogen-bond donors (Lipinski definition) is 2. The zero-order valence-electron chi connectivity index (χ0n) is 17.9. The van der Waals surface area contributed by atoms with Crippen molar-refractivity contribution in [1.29, 1.82) is 0 Å². The summed E-state index contributed by atoms with van der Waals surface area (Å²) in [6.45, 7) is 0. The van der Waals surface area contributed by atoms with E-state index in [1.807, 2.05) is 0 Å². The van der Waals surface area contributed by atoms with Crippen LogP contribution in [0.15, 0.2) is 82.7 Å². The Kier molecular flexibility index (Phi) is 6.92. The number of amidine groups is 1. The molecule has 1 aliphatic rings. The van der Waals surface area contributed by atoms with E-state index in [4.69, 9.17) is 5.11 Å². The Balaban J connectivity index is 1.43. The second-order valence-corrected chi connectivity index (χ2v) is 8.44. The lowest BCUT2D eigenvalue weighted by Crippen LogP contribution is -2.19. The Morgan fingerprint density at radius 1 is 0.971 bits per heavy atom. The van der Waals surface area contributed by atoms with E-state index >= 15 is 0 Å². The number of carboxylic acids is 1. The summed E-state index contributed by atoms with van der Waals surface area (Å²) in [5, 5.41) is 11.9. The number of nitrogens with zero attached hydrogens (tertiary/aromatic N) is 1. The Labute approximate surface area is 202 Å². The number of carboxylic acid groups (broad SMARTS) is 1. The van der Waals surface area contributed by atoms with E-state index in [0.717, 1.165) is 16.7 Å². The van der Waals surface area contributed by atoms with Gasteiger partial charge in [0.05, 0.1) is 17.0 Å². The van der Waals surface area contributed by atoms with Crippen LogP contribution in [-0.2, 0) is 16.0 Å². The molecule has 0 bridgehead atoms. The predicted octanol–water partition coefficient (Wildman–Crippen LogP) is 5.77. The summed E-state index contributed by atoms with van der Waals surface area (Å²) in [4.78, 5) is 27.9. The molecule has 0 aromatic heterocycles. The molecule has 0 aliphatic carbocycles. The van der Waals surface area contributed by atoms with Crippen molar-refractivity contribution < 1.29 is 32.6 Å². The molecular formula is C25H17F3N2O4S. The van der Waals surface area contributed by atoms with Gasteiger partial charge in [0, 0.05) is 0 Å². The molecule has 0 saturated carbocycles. The monoisotopic (exact) mass is 498 g/mol. The van der Waals surface area contributed by atoms with Crippen LogP contribution in [0, 0.1) is 0 Å². The molecule has 0 radical (unpaired) electrons. The molecule has 0 spiro atoms. The molecular weight excluding hydrogens is 481 g/mol. The van der Waals surface area contributed by atoms with Crippen LogP contribution < -0.4 is 10.1 Å². The van der Waals surface area contributed by atoms with Crippen LogP contribution in [0.4, 0.5) is 18.9 Å². The van der Waals surface area contributed by atoms with E-state index in [0.29, 0.717) is 21.3 Å². The number of carbonyl (C=O) groups excluding carboxylic acids is 1. The maximum Gasteiger partial charge on any atom is 0.573 e. The summed E-state index contributed by atoms with van der Waals surface area (Å²) in [5.41, 5.74) is 3.51. The van der Waals surface area contributed by atoms with E-state index in [9.17, 15) is 22.8 Å². The van der Waals surface area contributed by atoms with Gasteiger partial charge in [-0.2, -0.15) is 0 Å². The number of carbonyl (C=O) groups is 2. The first-order chi connectivity index (χ1) is 16.6. The van der Waals surface area contributed by atoms with Crippen LogP contribution in [0.3, 0.4) is 0 Å². The highest BCUT2D eigenvalue weighted by atomic mass is 32.2. The Hall–Kier alpha value is -4.05. The third-order valence-electron chi connectivity index (χ3n) is 4.80. The second-order valence-electron chi connectivity index (χ2n) is 7.41. The number of halogens is 3. The van der Waals surface area contributed by atoms with Gasteiger partial charge in [-0.15, -0.1) is 13.2 Å². The predicted molar refractivity (Wildman–Crippen MR) is 127 cm³/mol. The second kappa shape index (κ2) is 10.1. The molecule has 35 heavy (non-hydrogen) atoms. The smallest absolute Gasteiger partial charge is 0.481 e. The van der Waals surface area contributed by atoms with Crippen LogP contribution in [-0.4, -0.2) is 28.5 Å². The van der Waals surface area contributed by atoms with Crippen LogP contribution in [0.1, 0.15) is 11.1 Å². The number of aliphatic carboxylic acids is 1. The minimum Gasteiger partial charge on any atom is -0.481 e. The number of thioether (sulfide) groups is 1. The van der Waals surface area contributed by atoms with Crippen molar-refractivity contribution in [2.24, 2.45) is 4.99 Å². The van der Waals surface area contributed by atoms with Gasteiger partial charge in [0.1, 0.15) is 5.75 Å². The van der Waals surface area contributed by atoms with Crippen LogP contribution in [0.25, 0.3) is 17.2 Å². The molecule has 3 aromatic carbocycles. The molecule has 10 heteroatoms. The van der Waals surface area contributed by atoms with E-state index in [2.05, 4.69) is 15.0 Å². The molecule has 1 heterocycles. The number of rotatable bonds is 6. The molecule has 1 fully saturated rings. The summed E-state index contributed by atoms with van der Waals surface area (Å²) in [5.74, 6) is -1.50. The normalized spacial score (nSPS) is 15.9. The van der Waals surface area contributed by atoms with E-state index in [-0.39, 0.29) is 18.1 Å². The third-order valence-corrected chi connectivity index (χ3v) is 5.71. The lowest BCUT2D eigenvalue weighted by molar-refractivity contribution is -0.274. The lowest BCUT2D eigenvalue weighted by atomic mass is 10.0. The molecule has 1 amide bonds. The van der Waals surface area contributed by atoms with Crippen molar-refractivity contribution in [3.63, 3.8) is 0 Å². The Bertz CT molecular complexity index is 1300. The highest BCUT2D eigenvalue weighted by Crippen LogP contribution is 2.30. The van der Waals surface area contributed by atoms with Crippen molar-refractivity contribution in [3.8, 4) is 16.9 Å². The van der Waals surface area contributed by atoms with E-state index in [1.165, 1.54) is 36.0 Å². The molecule has 1 saturated heterocycles. The van der Waals surface area contributed by atoms with Gasteiger partial charge in [0.25, 0.3) is 5.91 Å². The van der Waals surface area contributed by atoms with Gasteiger partial charge in [0.2, 0.25) is 0 Å². The minimum atomic E-state index is -4.74. The van der Waals surface area contributed by atoms with Gasteiger partial charge >= 0.3 is 12.3 Å². The fourth-order valence-electron chi connectivity index (χ4n) is 3.23. The first-order valence-corrected chi connectivity index (χ1v) is 11.0. The molecule has 4 rings (SSSR count). The van der Waals surface area contributed by atoms with Crippen molar-refractivity contribution in [2.45, 2.75) is 12.8 Å². The highest BCUT2D eigenvalue weighted by molar-refractivity contribution is 8.18. The van der Waals surface area contributed by atoms with Gasteiger partial charge in [-0.05, 0) is 64.4 Å². The van der Waals surface area contributed by atoms with Crippen molar-refractivity contribution >= 4 is 40.6 Å². The first kappa shape index (κ1) is 24.1. The summed E-state index contributed by atoms with van der Waals surface area (Å²) < 4.78 is 40.8. The zero-order chi connectivity index (χ0) is 25.0. The average Bonchev–Trinajstić information content (AvgIpc) is 3.13. The quantitative estimate of drug-likeness (QED) is 0.421. The molecule has 6 nitrogen and oxygen atoms in total. The van der Waals surface area contributed by atoms with Crippen LogP contribution in [0.5, 0.6) is 5.75 Å². The van der Waals surface area contributed by atoms with Gasteiger partial charge in [-0.25, -0.2) is 4.99 Å². The maximum absolute atomic E-state index is 12.3.